The number of hydrogen-bond acceptors (Lipinski definition) is 6. The van der Waals surface area contributed by atoms with Crippen LogP contribution in [0.1, 0.15) is 72.4 Å². The Kier molecular flexibility index (Phi) is 12.1. The van der Waals surface area contributed by atoms with Gasteiger partial charge in [-0.1, -0.05) is 75.6 Å². The Morgan fingerprint density at radius 3 is 2.37 bits per heavy atom. The molecule has 1 heterocycles. The number of furan rings is 1. The zero-order chi connectivity index (χ0) is 29.6. The minimum atomic E-state index is -1.07. The maximum absolute atomic E-state index is 13.2. The van der Waals surface area contributed by atoms with Crippen LogP contribution in [0.5, 0.6) is 0 Å². The summed E-state index contributed by atoms with van der Waals surface area (Å²) in [5.74, 6) is -3.17. The molecule has 41 heavy (non-hydrogen) atoms. The molecular weight excluding hydrogens is 526 g/mol. The minimum Gasteiger partial charge on any atom is -0.478 e. The monoisotopic (exact) mass is 563 g/mol. The third kappa shape index (κ3) is 9.32. The van der Waals surface area contributed by atoms with Crippen LogP contribution in [0, 0.1) is 11.8 Å². The fraction of sp³-hybridized carbons (Fsp3) is 0.355. The molecule has 0 saturated carbocycles. The Morgan fingerprint density at radius 1 is 0.878 bits per heavy atom. The topological polar surface area (TPSA) is 147 Å². The molecule has 10 nitrogen and oxygen atoms in total. The zero-order valence-electron chi connectivity index (χ0n) is 23.4. The third-order valence-electron chi connectivity index (χ3n) is 6.71. The van der Waals surface area contributed by atoms with Crippen molar-refractivity contribution in [2.75, 3.05) is 6.67 Å². The van der Waals surface area contributed by atoms with Gasteiger partial charge < -0.3 is 20.2 Å². The lowest BCUT2D eigenvalue weighted by molar-refractivity contribution is -0.144. The number of carboxylic acids is 1. The number of benzene rings is 2. The fourth-order valence-electron chi connectivity index (χ4n) is 4.47. The maximum Gasteiger partial charge on any atom is 0.335 e. The molecule has 0 aliphatic rings. The first kappa shape index (κ1) is 31.1. The summed E-state index contributed by atoms with van der Waals surface area (Å²) in [6, 6.07) is 18.7. The van der Waals surface area contributed by atoms with Crippen molar-refractivity contribution >= 4 is 23.7 Å². The van der Waals surface area contributed by atoms with Crippen LogP contribution in [0.25, 0.3) is 11.3 Å². The number of hydrogen-bond donors (Lipinski definition) is 4. The van der Waals surface area contributed by atoms with Gasteiger partial charge in [-0.15, -0.1) is 0 Å². The van der Waals surface area contributed by atoms with Gasteiger partial charge in [0.2, 0.25) is 11.8 Å². The highest BCUT2D eigenvalue weighted by Crippen LogP contribution is 2.24. The molecule has 0 radical (unpaired) electrons. The van der Waals surface area contributed by atoms with Crippen LogP contribution in [-0.4, -0.2) is 35.5 Å². The molecule has 2 atom stereocenters. The molecule has 4 N–H and O–H groups in total. The number of unbranched alkanes of at least 4 members (excludes halogenated alkanes) is 2. The van der Waals surface area contributed by atoms with E-state index in [4.69, 9.17) is 9.25 Å². The Labute approximate surface area is 239 Å². The average molecular weight is 564 g/mol. The molecule has 0 spiro atoms. The van der Waals surface area contributed by atoms with Gasteiger partial charge in [0.1, 0.15) is 5.76 Å². The highest BCUT2D eigenvalue weighted by atomic mass is 16.6. The first-order valence-corrected chi connectivity index (χ1v) is 13.8. The van der Waals surface area contributed by atoms with Crippen molar-refractivity contribution in [1.82, 2.24) is 16.1 Å². The molecule has 0 saturated heterocycles. The van der Waals surface area contributed by atoms with E-state index in [1.807, 2.05) is 37.3 Å². The Balaban J connectivity index is 1.56. The van der Waals surface area contributed by atoms with E-state index >= 15 is 0 Å². The summed E-state index contributed by atoms with van der Waals surface area (Å²) >= 11 is 0. The van der Waals surface area contributed by atoms with E-state index in [2.05, 4.69) is 23.0 Å². The fourth-order valence-corrected chi connectivity index (χ4v) is 4.47. The summed E-state index contributed by atoms with van der Waals surface area (Å²) in [7, 11) is 0. The number of carbonyl (C=O) groups is 4. The summed E-state index contributed by atoms with van der Waals surface area (Å²) in [5.41, 5.74) is 4.02. The van der Waals surface area contributed by atoms with Crippen LogP contribution in [0.2, 0.25) is 0 Å². The normalized spacial score (nSPS) is 12.2. The second kappa shape index (κ2) is 16.0. The molecule has 2 aromatic carbocycles. The Morgan fingerprint density at radius 2 is 1.66 bits per heavy atom. The number of rotatable bonds is 16. The predicted molar refractivity (Wildman–Crippen MR) is 152 cm³/mol. The third-order valence-corrected chi connectivity index (χ3v) is 6.71. The molecule has 0 aliphatic carbocycles. The molecular formula is C31H37N3O7. The smallest absolute Gasteiger partial charge is 0.335 e. The molecule has 1 aromatic heterocycles. The number of amides is 3. The lowest BCUT2D eigenvalue weighted by Gasteiger charge is -2.24. The number of carbonyl (C=O) groups excluding carboxylic acids is 3. The summed E-state index contributed by atoms with van der Waals surface area (Å²) in [5, 5.41) is 14.5. The van der Waals surface area contributed by atoms with E-state index in [-0.39, 0.29) is 36.4 Å². The summed E-state index contributed by atoms with van der Waals surface area (Å²) in [4.78, 5) is 55.4. The van der Waals surface area contributed by atoms with Crippen LogP contribution < -0.4 is 16.1 Å². The van der Waals surface area contributed by atoms with Gasteiger partial charge in [0.15, 0.2) is 5.76 Å². The first-order valence-electron chi connectivity index (χ1n) is 13.8. The van der Waals surface area contributed by atoms with E-state index in [1.165, 1.54) is 18.2 Å². The van der Waals surface area contributed by atoms with Gasteiger partial charge in [-0.2, -0.15) is 0 Å². The van der Waals surface area contributed by atoms with Crippen molar-refractivity contribution in [3.8, 4) is 11.3 Å². The predicted octanol–water partition coefficient (Wildman–Crippen LogP) is 4.92. The van der Waals surface area contributed by atoms with E-state index in [0.29, 0.717) is 24.2 Å². The standard InChI is InChI=1S/C31H37N3O7/c1-3-5-7-15-25(24(4-2)29(36)34-40-19-21-11-8-6-9-12-21)28(35)32-20-33-30(37)27-17-16-26(41-27)22-13-10-14-23(18-22)31(38)39/h6,8-14,16-18,24-25H,3-5,7,15,19-20H2,1-2H3,(H,32,35)(H,33,37)(H,34,36)(H,38,39)/t24-,25-/m1/s1. The number of nitrogens with one attached hydrogen (secondary N) is 3. The second-order valence-corrected chi connectivity index (χ2v) is 9.63. The van der Waals surface area contributed by atoms with Gasteiger partial charge in [-0.05, 0) is 42.7 Å². The number of hydroxylamine groups is 1. The van der Waals surface area contributed by atoms with Gasteiger partial charge in [-0.3, -0.25) is 19.2 Å². The molecule has 0 unspecified atom stereocenters. The number of aromatic carboxylic acids is 1. The Hall–Kier alpha value is -4.44. The summed E-state index contributed by atoms with van der Waals surface area (Å²) in [6.45, 7) is 3.97. The van der Waals surface area contributed by atoms with Crippen LogP contribution in [-0.2, 0) is 21.0 Å². The summed E-state index contributed by atoms with van der Waals surface area (Å²) in [6.07, 6.45) is 3.65. The minimum absolute atomic E-state index is 0.0100. The highest BCUT2D eigenvalue weighted by Gasteiger charge is 2.32. The highest BCUT2D eigenvalue weighted by molar-refractivity contribution is 5.93. The lowest BCUT2D eigenvalue weighted by atomic mass is 9.84. The van der Waals surface area contributed by atoms with Crippen molar-refractivity contribution in [2.45, 2.75) is 52.6 Å². The van der Waals surface area contributed by atoms with Crippen molar-refractivity contribution in [3.63, 3.8) is 0 Å². The molecule has 0 aliphatic heterocycles. The van der Waals surface area contributed by atoms with Crippen LogP contribution in [0.4, 0.5) is 0 Å². The lowest BCUT2D eigenvalue weighted by Crippen LogP contribution is -2.45. The van der Waals surface area contributed by atoms with Gasteiger partial charge in [0, 0.05) is 11.5 Å². The molecule has 218 valence electrons. The van der Waals surface area contributed by atoms with Crippen LogP contribution >= 0.6 is 0 Å². The van der Waals surface area contributed by atoms with E-state index in [1.54, 1.807) is 18.2 Å². The van der Waals surface area contributed by atoms with Crippen molar-refractivity contribution in [3.05, 3.63) is 83.6 Å². The van der Waals surface area contributed by atoms with Gasteiger partial charge in [0.05, 0.1) is 24.8 Å². The van der Waals surface area contributed by atoms with E-state index in [0.717, 1.165) is 24.8 Å². The van der Waals surface area contributed by atoms with Gasteiger partial charge in [0.25, 0.3) is 5.91 Å². The molecule has 3 rings (SSSR count). The first-order chi connectivity index (χ1) is 19.8. The van der Waals surface area contributed by atoms with Crippen LogP contribution in [0.3, 0.4) is 0 Å². The largest absolute Gasteiger partial charge is 0.478 e. The second-order valence-electron chi connectivity index (χ2n) is 9.63. The van der Waals surface area contributed by atoms with Gasteiger partial charge >= 0.3 is 5.97 Å². The SMILES string of the molecule is CCCCC[C@@H](C(=O)NCNC(=O)c1ccc(-c2cccc(C(=O)O)c2)o1)[C@@H](CC)C(=O)NOCc1ccccc1. The molecule has 3 aromatic rings. The molecule has 3 amide bonds. The average Bonchev–Trinajstić information content (AvgIpc) is 3.48. The van der Waals surface area contributed by atoms with Crippen LogP contribution in [0.15, 0.2) is 71.1 Å². The quantitative estimate of drug-likeness (QED) is 0.110. The van der Waals surface area contributed by atoms with Crippen molar-refractivity contribution in [2.24, 2.45) is 11.8 Å². The van der Waals surface area contributed by atoms with Crippen molar-refractivity contribution < 1.29 is 33.5 Å². The molecule has 0 bridgehead atoms. The van der Waals surface area contributed by atoms with Crippen molar-refractivity contribution in [1.29, 1.82) is 0 Å². The molecule has 0 fully saturated rings. The summed E-state index contributed by atoms with van der Waals surface area (Å²) < 4.78 is 5.61. The molecule has 10 heteroatoms. The number of carboxylic acid groups (broad SMARTS) is 1. The van der Waals surface area contributed by atoms with E-state index in [9.17, 15) is 24.3 Å². The van der Waals surface area contributed by atoms with E-state index < -0.39 is 23.7 Å². The Bertz CT molecular complexity index is 1310. The zero-order valence-corrected chi connectivity index (χ0v) is 23.4. The maximum atomic E-state index is 13.2. The van der Waals surface area contributed by atoms with Gasteiger partial charge in [-0.25, -0.2) is 10.3 Å².